The van der Waals surface area contributed by atoms with E-state index >= 15 is 0 Å². The van der Waals surface area contributed by atoms with Crippen molar-refractivity contribution in [3.63, 3.8) is 0 Å². The maximum atomic E-state index is 10.9. The summed E-state index contributed by atoms with van der Waals surface area (Å²) in [6.07, 6.45) is 1.66. The summed E-state index contributed by atoms with van der Waals surface area (Å²) < 4.78 is 0. The van der Waals surface area contributed by atoms with E-state index in [1.54, 1.807) is 18.3 Å². The molecule has 0 spiro atoms. The summed E-state index contributed by atoms with van der Waals surface area (Å²) in [7, 11) is 0. The lowest BCUT2D eigenvalue weighted by Gasteiger charge is -2.23. The highest BCUT2D eigenvalue weighted by atomic mass is 35.5. The minimum Gasteiger partial charge on any atom is -0.505 e. The number of rotatable bonds is 4. The molecule has 0 aliphatic heterocycles. The van der Waals surface area contributed by atoms with Gasteiger partial charge in [-0.1, -0.05) is 83.3 Å². The van der Waals surface area contributed by atoms with E-state index in [0.29, 0.717) is 31.8 Å². The van der Waals surface area contributed by atoms with Gasteiger partial charge in [0.2, 0.25) is 0 Å². The van der Waals surface area contributed by atoms with E-state index in [9.17, 15) is 5.11 Å². The summed E-state index contributed by atoms with van der Waals surface area (Å²) in [4.78, 5) is 4.33. The van der Waals surface area contributed by atoms with Gasteiger partial charge in [-0.25, -0.2) is 0 Å². The summed E-state index contributed by atoms with van der Waals surface area (Å²) >= 11 is 18.6. The lowest BCUT2D eigenvalue weighted by atomic mass is 9.96. The lowest BCUT2D eigenvalue weighted by Crippen LogP contribution is -2.13. The Kier molecular flexibility index (Phi) is 5.31. The van der Waals surface area contributed by atoms with Gasteiger partial charge < -0.3 is 10.4 Å². The zero-order valence-electron chi connectivity index (χ0n) is 14.5. The molecule has 0 saturated carbocycles. The van der Waals surface area contributed by atoms with Gasteiger partial charge in [-0.2, -0.15) is 0 Å². The molecule has 6 heteroatoms. The highest BCUT2D eigenvalue weighted by Crippen LogP contribution is 2.39. The zero-order valence-corrected chi connectivity index (χ0v) is 16.8. The van der Waals surface area contributed by atoms with Crippen LogP contribution in [0.1, 0.15) is 17.2 Å². The number of aromatic nitrogens is 1. The molecule has 3 nitrogen and oxygen atoms in total. The summed E-state index contributed by atoms with van der Waals surface area (Å²) in [5, 5.41) is 16.4. The molecule has 1 aromatic heterocycles. The highest BCUT2D eigenvalue weighted by molar-refractivity contribution is 6.44. The lowest BCUT2D eigenvalue weighted by molar-refractivity contribution is 0.472. The van der Waals surface area contributed by atoms with Crippen molar-refractivity contribution in [3.8, 4) is 5.75 Å². The van der Waals surface area contributed by atoms with E-state index in [0.717, 1.165) is 10.9 Å². The monoisotopic (exact) mass is 428 g/mol. The van der Waals surface area contributed by atoms with Crippen LogP contribution in [0.25, 0.3) is 10.9 Å². The average Bonchev–Trinajstić information content (AvgIpc) is 2.71. The molecule has 0 amide bonds. The number of nitrogens with zero attached hydrogens (tertiary/aromatic N) is 1. The minimum absolute atomic E-state index is 0.121. The van der Waals surface area contributed by atoms with Crippen molar-refractivity contribution in [2.45, 2.75) is 6.04 Å². The normalized spacial score (nSPS) is 12.1. The number of hydrogen-bond donors (Lipinski definition) is 2. The molecular formula is C22H15Cl3N2O. The van der Waals surface area contributed by atoms with Gasteiger partial charge in [0.05, 0.1) is 26.8 Å². The first-order valence-corrected chi connectivity index (χ1v) is 9.70. The fraction of sp³-hybridized carbons (Fsp3) is 0.0455. The summed E-state index contributed by atoms with van der Waals surface area (Å²) in [5.41, 5.74) is 2.79. The second-order valence-corrected chi connectivity index (χ2v) is 7.53. The molecule has 0 radical (unpaired) electrons. The summed E-state index contributed by atoms with van der Waals surface area (Å²) in [6, 6.07) is 20.2. The minimum atomic E-state index is -0.373. The third kappa shape index (κ3) is 3.61. The van der Waals surface area contributed by atoms with Crippen LogP contribution in [0.2, 0.25) is 15.1 Å². The number of anilines is 1. The number of pyridine rings is 1. The SMILES string of the molecule is Oc1c(C(Nc2cc(Cl)c(Cl)cc2Cl)c2ccccc2)ccc2cccnc12. The third-order valence-corrected chi connectivity index (χ3v) is 5.57. The third-order valence-electron chi connectivity index (χ3n) is 4.53. The van der Waals surface area contributed by atoms with E-state index < -0.39 is 0 Å². The number of fused-ring (bicyclic) bond motifs is 1. The number of halogens is 3. The van der Waals surface area contributed by atoms with E-state index in [1.807, 2.05) is 54.6 Å². The fourth-order valence-corrected chi connectivity index (χ4v) is 3.75. The molecule has 2 N–H and O–H groups in total. The zero-order chi connectivity index (χ0) is 19.7. The van der Waals surface area contributed by atoms with Gasteiger partial charge in [-0.3, -0.25) is 4.98 Å². The van der Waals surface area contributed by atoms with Gasteiger partial charge in [0.15, 0.2) is 0 Å². The van der Waals surface area contributed by atoms with Crippen molar-refractivity contribution in [1.29, 1.82) is 0 Å². The quantitative estimate of drug-likeness (QED) is 0.340. The van der Waals surface area contributed by atoms with Crippen LogP contribution < -0.4 is 5.32 Å². The van der Waals surface area contributed by atoms with Crippen LogP contribution in [-0.4, -0.2) is 10.1 Å². The van der Waals surface area contributed by atoms with Crippen molar-refractivity contribution < 1.29 is 5.11 Å². The van der Waals surface area contributed by atoms with Crippen molar-refractivity contribution >= 4 is 51.4 Å². The Bertz CT molecular complexity index is 1150. The van der Waals surface area contributed by atoms with Crippen LogP contribution in [0.5, 0.6) is 5.75 Å². The first-order valence-electron chi connectivity index (χ1n) is 8.57. The smallest absolute Gasteiger partial charge is 0.147 e. The predicted octanol–water partition coefficient (Wildman–Crippen LogP) is 7.10. The van der Waals surface area contributed by atoms with Crippen molar-refractivity contribution in [2.75, 3.05) is 5.32 Å². The van der Waals surface area contributed by atoms with Crippen LogP contribution in [0.4, 0.5) is 5.69 Å². The standard InChI is InChI=1S/C22H15Cl3N2O/c23-16-11-18(25)19(12-17(16)24)27-20(13-5-2-1-3-6-13)15-9-8-14-7-4-10-26-21(14)22(15)28/h1-12,20,27-28H. The predicted molar refractivity (Wildman–Crippen MR) is 117 cm³/mol. The number of benzene rings is 3. The van der Waals surface area contributed by atoms with E-state index in [2.05, 4.69) is 10.3 Å². The largest absolute Gasteiger partial charge is 0.505 e. The number of phenolic OH excluding ortho intramolecular Hbond substituents is 1. The van der Waals surface area contributed by atoms with Crippen LogP contribution >= 0.6 is 34.8 Å². The number of nitrogens with one attached hydrogen (secondary N) is 1. The second kappa shape index (κ2) is 7.88. The molecule has 3 aromatic carbocycles. The Labute approximate surface area is 177 Å². The van der Waals surface area contributed by atoms with Gasteiger partial charge in [0, 0.05) is 17.1 Å². The molecule has 0 aliphatic rings. The number of hydrogen-bond acceptors (Lipinski definition) is 3. The molecule has 1 unspecified atom stereocenters. The molecule has 28 heavy (non-hydrogen) atoms. The summed E-state index contributed by atoms with van der Waals surface area (Å²) in [6.45, 7) is 0. The van der Waals surface area contributed by atoms with Crippen LogP contribution in [0, 0.1) is 0 Å². The van der Waals surface area contributed by atoms with Gasteiger partial charge in [0.1, 0.15) is 11.3 Å². The molecule has 0 aliphatic carbocycles. The number of phenols is 1. The van der Waals surface area contributed by atoms with Crippen molar-refractivity contribution in [2.24, 2.45) is 0 Å². The van der Waals surface area contributed by atoms with Crippen molar-refractivity contribution in [1.82, 2.24) is 4.98 Å². The molecule has 0 fully saturated rings. The first kappa shape index (κ1) is 18.9. The maximum Gasteiger partial charge on any atom is 0.147 e. The Balaban J connectivity index is 1.86. The van der Waals surface area contributed by atoms with Gasteiger partial charge in [-0.15, -0.1) is 0 Å². The molecule has 0 saturated heterocycles. The summed E-state index contributed by atoms with van der Waals surface area (Å²) in [5.74, 6) is 0.121. The maximum absolute atomic E-state index is 10.9. The van der Waals surface area contributed by atoms with Crippen LogP contribution in [0.3, 0.4) is 0 Å². The molecule has 4 aromatic rings. The highest BCUT2D eigenvalue weighted by Gasteiger charge is 2.21. The Morgan fingerprint density at radius 3 is 2.36 bits per heavy atom. The number of aromatic hydroxyl groups is 1. The van der Waals surface area contributed by atoms with E-state index in [-0.39, 0.29) is 11.8 Å². The van der Waals surface area contributed by atoms with Gasteiger partial charge in [-0.05, 0) is 23.8 Å². The molecule has 1 heterocycles. The Hall–Kier alpha value is -2.46. The van der Waals surface area contributed by atoms with E-state index in [4.69, 9.17) is 34.8 Å². The average molecular weight is 430 g/mol. The molecule has 140 valence electrons. The second-order valence-electron chi connectivity index (χ2n) is 6.31. The topological polar surface area (TPSA) is 45.1 Å². The van der Waals surface area contributed by atoms with Gasteiger partial charge >= 0.3 is 0 Å². The Morgan fingerprint density at radius 1 is 0.821 bits per heavy atom. The van der Waals surface area contributed by atoms with E-state index in [1.165, 1.54) is 0 Å². The van der Waals surface area contributed by atoms with Crippen LogP contribution in [-0.2, 0) is 0 Å². The first-order chi connectivity index (χ1) is 13.5. The van der Waals surface area contributed by atoms with Crippen LogP contribution in [0.15, 0.2) is 72.9 Å². The molecular weight excluding hydrogens is 415 g/mol. The molecule has 4 rings (SSSR count). The fourth-order valence-electron chi connectivity index (χ4n) is 3.15. The Morgan fingerprint density at radius 2 is 1.57 bits per heavy atom. The molecule has 1 atom stereocenters. The molecule has 0 bridgehead atoms. The van der Waals surface area contributed by atoms with Gasteiger partial charge in [0.25, 0.3) is 0 Å². The van der Waals surface area contributed by atoms with Crippen molar-refractivity contribution in [3.05, 3.63) is 99.1 Å².